The van der Waals surface area contributed by atoms with Gasteiger partial charge in [-0.1, -0.05) is 0 Å². The Morgan fingerprint density at radius 3 is 2.16 bits per heavy atom. The standard InChI is InChI=1S/C21H38N2O2/c1-20(2,3)25-19(24)23(4)9-8-22-7-5-6-21-13-16-10-17(14-21)12-18(11-16)15-21/h16-18,22H,5-15H2,1-4H3. The summed E-state index contributed by atoms with van der Waals surface area (Å²) in [6, 6.07) is 0. The van der Waals surface area contributed by atoms with Crippen LogP contribution in [-0.4, -0.2) is 43.3 Å². The minimum Gasteiger partial charge on any atom is -0.444 e. The molecule has 1 N–H and O–H groups in total. The number of hydrogen-bond donors (Lipinski definition) is 1. The van der Waals surface area contributed by atoms with Gasteiger partial charge in [0.1, 0.15) is 5.60 Å². The smallest absolute Gasteiger partial charge is 0.410 e. The van der Waals surface area contributed by atoms with Crippen LogP contribution < -0.4 is 5.32 Å². The number of carbonyl (C=O) groups is 1. The van der Waals surface area contributed by atoms with E-state index in [9.17, 15) is 4.79 Å². The maximum absolute atomic E-state index is 11.9. The molecule has 4 rings (SSSR count). The van der Waals surface area contributed by atoms with E-state index < -0.39 is 5.60 Å². The van der Waals surface area contributed by atoms with Gasteiger partial charge in [0.05, 0.1) is 0 Å². The van der Waals surface area contributed by atoms with Crippen molar-refractivity contribution < 1.29 is 9.53 Å². The van der Waals surface area contributed by atoms with Crippen LogP contribution in [0.1, 0.15) is 72.1 Å². The first-order valence-corrected chi connectivity index (χ1v) is 10.4. The van der Waals surface area contributed by atoms with Gasteiger partial charge in [-0.3, -0.25) is 0 Å². The second-order valence-electron chi connectivity index (χ2n) is 10.2. The lowest BCUT2D eigenvalue weighted by Crippen LogP contribution is -2.46. The van der Waals surface area contributed by atoms with E-state index >= 15 is 0 Å². The van der Waals surface area contributed by atoms with E-state index in [0.29, 0.717) is 12.0 Å². The molecule has 25 heavy (non-hydrogen) atoms. The van der Waals surface area contributed by atoms with Gasteiger partial charge >= 0.3 is 6.09 Å². The van der Waals surface area contributed by atoms with Gasteiger partial charge in [-0.2, -0.15) is 0 Å². The largest absolute Gasteiger partial charge is 0.444 e. The van der Waals surface area contributed by atoms with E-state index in [1.165, 1.54) is 51.4 Å². The molecule has 0 spiro atoms. The first-order valence-electron chi connectivity index (χ1n) is 10.4. The Labute approximate surface area is 154 Å². The third kappa shape index (κ3) is 5.12. The van der Waals surface area contributed by atoms with Crippen molar-refractivity contribution in [1.29, 1.82) is 0 Å². The van der Waals surface area contributed by atoms with Crippen molar-refractivity contribution in [2.75, 3.05) is 26.7 Å². The Kier molecular flexibility index (Phi) is 5.67. The average Bonchev–Trinajstić information content (AvgIpc) is 2.47. The molecule has 4 saturated carbocycles. The fourth-order valence-electron chi connectivity index (χ4n) is 5.99. The van der Waals surface area contributed by atoms with E-state index in [0.717, 1.165) is 30.8 Å². The first-order chi connectivity index (χ1) is 11.7. The quantitative estimate of drug-likeness (QED) is 0.690. The zero-order valence-corrected chi connectivity index (χ0v) is 16.8. The number of ether oxygens (including phenoxy) is 1. The molecule has 0 aromatic heterocycles. The Hall–Kier alpha value is -0.770. The molecule has 4 nitrogen and oxygen atoms in total. The van der Waals surface area contributed by atoms with Gasteiger partial charge in [0.15, 0.2) is 0 Å². The average molecular weight is 351 g/mol. The lowest BCUT2D eigenvalue weighted by molar-refractivity contribution is -0.0579. The summed E-state index contributed by atoms with van der Waals surface area (Å²) in [5.41, 5.74) is 0.278. The van der Waals surface area contributed by atoms with Crippen LogP contribution in [0.5, 0.6) is 0 Å². The predicted octanol–water partition coefficient (Wildman–Crippen LogP) is 4.44. The van der Waals surface area contributed by atoms with Crippen molar-refractivity contribution in [2.45, 2.75) is 77.7 Å². The fourth-order valence-corrected chi connectivity index (χ4v) is 5.99. The van der Waals surface area contributed by atoms with Gasteiger partial charge in [0, 0.05) is 20.1 Å². The van der Waals surface area contributed by atoms with E-state index in [1.807, 2.05) is 27.8 Å². The number of rotatable bonds is 7. The molecule has 0 unspecified atom stereocenters. The van der Waals surface area contributed by atoms with Crippen LogP contribution in [0.4, 0.5) is 4.79 Å². The molecule has 4 aliphatic carbocycles. The van der Waals surface area contributed by atoms with E-state index in [2.05, 4.69) is 5.32 Å². The lowest BCUT2D eigenvalue weighted by Gasteiger charge is -2.57. The predicted molar refractivity (Wildman–Crippen MR) is 102 cm³/mol. The Bertz CT molecular complexity index is 434. The zero-order chi connectivity index (χ0) is 18.1. The molecule has 4 aliphatic rings. The Morgan fingerprint density at radius 2 is 1.64 bits per heavy atom. The lowest BCUT2D eigenvalue weighted by atomic mass is 9.48. The minimum atomic E-state index is -0.420. The summed E-state index contributed by atoms with van der Waals surface area (Å²) in [6.45, 7) is 8.33. The summed E-state index contributed by atoms with van der Waals surface area (Å²) in [6.07, 6.45) is 11.6. The number of hydrogen-bond acceptors (Lipinski definition) is 3. The topological polar surface area (TPSA) is 41.6 Å². The van der Waals surface area contributed by atoms with Gasteiger partial charge < -0.3 is 15.0 Å². The maximum Gasteiger partial charge on any atom is 0.410 e. The SMILES string of the molecule is CN(CCNCCCC12CC3CC(CC(C3)C1)C2)C(=O)OC(C)(C)C. The van der Waals surface area contributed by atoms with Crippen molar-refractivity contribution in [3.05, 3.63) is 0 Å². The zero-order valence-electron chi connectivity index (χ0n) is 16.8. The molecule has 4 fully saturated rings. The molecule has 0 aromatic carbocycles. The van der Waals surface area contributed by atoms with Crippen LogP contribution in [0.15, 0.2) is 0 Å². The number of carbonyl (C=O) groups excluding carboxylic acids is 1. The molecule has 0 heterocycles. The molecule has 4 heteroatoms. The minimum absolute atomic E-state index is 0.233. The van der Waals surface area contributed by atoms with E-state index in [-0.39, 0.29) is 6.09 Å². The molecule has 0 saturated heterocycles. The number of likely N-dealkylation sites (N-methyl/N-ethyl adjacent to an activating group) is 1. The molecule has 4 bridgehead atoms. The van der Waals surface area contributed by atoms with Gasteiger partial charge in [-0.05, 0) is 102 Å². The van der Waals surface area contributed by atoms with Gasteiger partial charge in [0.2, 0.25) is 0 Å². The van der Waals surface area contributed by atoms with Gasteiger partial charge in [0.25, 0.3) is 0 Å². The van der Waals surface area contributed by atoms with Gasteiger partial charge in [-0.25, -0.2) is 4.79 Å². The summed E-state index contributed by atoms with van der Waals surface area (Å²) in [4.78, 5) is 13.6. The molecule has 0 radical (unpaired) electrons. The van der Waals surface area contributed by atoms with Crippen LogP contribution in [-0.2, 0) is 4.74 Å². The molecule has 1 amide bonds. The van der Waals surface area contributed by atoms with Crippen LogP contribution in [0.3, 0.4) is 0 Å². The maximum atomic E-state index is 11.9. The molecular formula is C21H38N2O2. The van der Waals surface area contributed by atoms with Crippen LogP contribution in [0, 0.1) is 23.2 Å². The van der Waals surface area contributed by atoms with Crippen molar-refractivity contribution in [2.24, 2.45) is 23.2 Å². The van der Waals surface area contributed by atoms with E-state index in [1.54, 1.807) is 4.90 Å². The van der Waals surface area contributed by atoms with Crippen LogP contribution in [0.2, 0.25) is 0 Å². The highest BCUT2D eigenvalue weighted by Gasteiger charge is 2.50. The Balaban J connectivity index is 1.29. The summed E-state index contributed by atoms with van der Waals surface area (Å²) in [7, 11) is 1.81. The summed E-state index contributed by atoms with van der Waals surface area (Å²) in [5.74, 6) is 3.17. The number of amides is 1. The second kappa shape index (κ2) is 7.46. The highest BCUT2D eigenvalue weighted by atomic mass is 16.6. The van der Waals surface area contributed by atoms with Crippen molar-refractivity contribution in [3.63, 3.8) is 0 Å². The Morgan fingerprint density at radius 1 is 1.08 bits per heavy atom. The van der Waals surface area contributed by atoms with Crippen molar-refractivity contribution in [3.8, 4) is 0 Å². The molecule has 0 aliphatic heterocycles. The van der Waals surface area contributed by atoms with Crippen LogP contribution >= 0.6 is 0 Å². The highest BCUT2D eigenvalue weighted by Crippen LogP contribution is 2.61. The molecule has 0 aromatic rings. The molecule has 144 valence electrons. The van der Waals surface area contributed by atoms with Gasteiger partial charge in [-0.15, -0.1) is 0 Å². The highest BCUT2D eigenvalue weighted by molar-refractivity contribution is 5.67. The van der Waals surface area contributed by atoms with Crippen molar-refractivity contribution in [1.82, 2.24) is 10.2 Å². The number of nitrogens with zero attached hydrogens (tertiary/aromatic N) is 1. The number of nitrogens with one attached hydrogen (secondary N) is 1. The molecular weight excluding hydrogens is 312 g/mol. The van der Waals surface area contributed by atoms with Crippen LogP contribution in [0.25, 0.3) is 0 Å². The molecule has 0 atom stereocenters. The summed E-state index contributed by atoms with van der Waals surface area (Å²) < 4.78 is 5.37. The third-order valence-corrected chi connectivity index (χ3v) is 6.55. The normalized spacial score (nSPS) is 33.5. The monoisotopic (exact) mass is 350 g/mol. The first kappa shape index (κ1) is 19.0. The van der Waals surface area contributed by atoms with Crippen molar-refractivity contribution >= 4 is 6.09 Å². The fraction of sp³-hybridized carbons (Fsp3) is 0.952. The third-order valence-electron chi connectivity index (χ3n) is 6.55. The summed E-state index contributed by atoms with van der Waals surface area (Å²) >= 11 is 0. The summed E-state index contributed by atoms with van der Waals surface area (Å²) in [5, 5.41) is 3.52. The second-order valence-corrected chi connectivity index (χ2v) is 10.2. The van der Waals surface area contributed by atoms with E-state index in [4.69, 9.17) is 4.74 Å².